The maximum atomic E-state index is 5.79. The summed E-state index contributed by atoms with van der Waals surface area (Å²) in [5, 5.41) is 4.39. The summed E-state index contributed by atoms with van der Waals surface area (Å²) < 4.78 is 10.8. The van der Waals surface area contributed by atoms with Crippen LogP contribution in [0.2, 0.25) is 0 Å². The molecule has 4 heteroatoms. The van der Waals surface area contributed by atoms with Crippen molar-refractivity contribution in [3.05, 3.63) is 60.7 Å². The van der Waals surface area contributed by atoms with Gasteiger partial charge in [-0.2, -0.15) is 0 Å². The van der Waals surface area contributed by atoms with E-state index in [1.165, 1.54) is 0 Å². The number of benzene rings is 1. The van der Waals surface area contributed by atoms with E-state index in [1.807, 2.05) is 36.4 Å². The summed E-state index contributed by atoms with van der Waals surface area (Å²) in [5.41, 5.74) is 2.04. The number of para-hydroxylation sites is 1. The molecule has 0 aliphatic rings. The number of ether oxygens (including phenoxy) is 1. The summed E-state index contributed by atoms with van der Waals surface area (Å²) in [6.07, 6.45) is 5.20. The molecule has 0 amide bonds. The zero-order chi connectivity index (χ0) is 13.6. The zero-order valence-electron chi connectivity index (χ0n) is 11.1. The minimum atomic E-state index is 0.605. The van der Waals surface area contributed by atoms with Gasteiger partial charge in [-0.3, -0.25) is 4.98 Å². The van der Waals surface area contributed by atoms with Crippen LogP contribution in [0.5, 0.6) is 5.75 Å². The van der Waals surface area contributed by atoms with E-state index in [-0.39, 0.29) is 0 Å². The van der Waals surface area contributed by atoms with Gasteiger partial charge in [0.25, 0.3) is 0 Å². The Balaban J connectivity index is 1.52. The molecule has 0 aliphatic heterocycles. The fourth-order valence-corrected chi connectivity index (χ4v) is 2.05. The van der Waals surface area contributed by atoms with Gasteiger partial charge in [0.1, 0.15) is 17.9 Å². The molecule has 0 aliphatic carbocycles. The molecule has 0 fully saturated rings. The van der Waals surface area contributed by atoms with Crippen LogP contribution in [-0.4, -0.2) is 18.1 Å². The van der Waals surface area contributed by atoms with Crippen molar-refractivity contribution < 1.29 is 9.15 Å². The Morgan fingerprint density at radius 2 is 2.10 bits per heavy atom. The Kier molecular flexibility index (Phi) is 3.94. The highest BCUT2D eigenvalue weighted by atomic mass is 16.5. The third-order valence-corrected chi connectivity index (χ3v) is 3.04. The van der Waals surface area contributed by atoms with E-state index >= 15 is 0 Å². The van der Waals surface area contributed by atoms with Crippen LogP contribution in [-0.2, 0) is 6.54 Å². The van der Waals surface area contributed by atoms with E-state index in [0.29, 0.717) is 6.61 Å². The standard InChI is InChI=1S/C16H16N2O2/c1-3-14-4-2-7-18-16(14)15(5-1)20-10-8-17-11-13-6-9-19-12-13/h1-7,9,12,17H,8,10-11H2. The number of hydrogen-bond donors (Lipinski definition) is 1. The first-order valence-corrected chi connectivity index (χ1v) is 6.62. The second-order valence-corrected chi connectivity index (χ2v) is 4.49. The average molecular weight is 268 g/mol. The lowest BCUT2D eigenvalue weighted by molar-refractivity contribution is 0.316. The highest BCUT2D eigenvalue weighted by molar-refractivity contribution is 5.84. The number of aromatic nitrogens is 1. The fraction of sp³-hybridized carbons (Fsp3) is 0.188. The molecule has 2 aromatic heterocycles. The Labute approximate surface area is 117 Å². The van der Waals surface area contributed by atoms with Crippen molar-refractivity contribution in [1.82, 2.24) is 10.3 Å². The lowest BCUT2D eigenvalue weighted by Crippen LogP contribution is -2.20. The molecule has 0 saturated carbocycles. The third kappa shape index (κ3) is 2.97. The van der Waals surface area contributed by atoms with Gasteiger partial charge in [0.05, 0.1) is 12.5 Å². The topological polar surface area (TPSA) is 47.3 Å². The number of nitrogens with zero attached hydrogens (tertiary/aromatic N) is 1. The molecule has 4 nitrogen and oxygen atoms in total. The molecule has 102 valence electrons. The minimum Gasteiger partial charge on any atom is -0.490 e. The van der Waals surface area contributed by atoms with E-state index < -0.39 is 0 Å². The first-order valence-electron chi connectivity index (χ1n) is 6.62. The van der Waals surface area contributed by atoms with Gasteiger partial charge in [-0.15, -0.1) is 0 Å². The Morgan fingerprint density at radius 3 is 3.00 bits per heavy atom. The van der Waals surface area contributed by atoms with E-state index in [2.05, 4.69) is 10.3 Å². The van der Waals surface area contributed by atoms with Crippen molar-refractivity contribution in [2.75, 3.05) is 13.2 Å². The summed E-state index contributed by atoms with van der Waals surface area (Å²) in [7, 11) is 0. The van der Waals surface area contributed by atoms with Crippen molar-refractivity contribution in [2.45, 2.75) is 6.54 Å². The molecule has 0 bridgehead atoms. The van der Waals surface area contributed by atoms with Crippen molar-refractivity contribution in [1.29, 1.82) is 0 Å². The van der Waals surface area contributed by atoms with Crippen molar-refractivity contribution in [3.63, 3.8) is 0 Å². The van der Waals surface area contributed by atoms with Crippen LogP contribution in [0.1, 0.15) is 5.56 Å². The zero-order valence-corrected chi connectivity index (χ0v) is 11.1. The maximum Gasteiger partial charge on any atom is 0.145 e. The number of rotatable bonds is 6. The van der Waals surface area contributed by atoms with Gasteiger partial charge >= 0.3 is 0 Å². The van der Waals surface area contributed by atoms with Gasteiger partial charge in [-0.05, 0) is 18.2 Å². The molecule has 2 heterocycles. The highest BCUT2D eigenvalue weighted by Gasteiger charge is 2.02. The first-order chi connectivity index (χ1) is 9.93. The number of furan rings is 1. The Morgan fingerprint density at radius 1 is 1.15 bits per heavy atom. The van der Waals surface area contributed by atoms with Gasteiger partial charge in [-0.1, -0.05) is 18.2 Å². The van der Waals surface area contributed by atoms with E-state index in [9.17, 15) is 0 Å². The van der Waals surface area contributed by atoms with Crippen molar-refractivity contribution in [3.8, 4) is 5.75 Å². The molecule has 1 aromatic carbocycles. The second-order valence-electron chi connectivity index (χ2n) is 4.49. The van der Waals surface area contributed by atoms with Crippen LogP contribution in [0, 0.1) is 0 Å². The fourth-order valence-electron chi connectivity index (χ4n) is 2.05. The quantitative estimate of drug-likeness (QED) is 0.698. The highest BCUT2D eigenvalue weighted by Crippen LogP contribution is 2.22. The average Bonchev–Trinajstić information content (AvgIpc) is 3.00. The van der Waals surface area contributed by atoms with Crippen LogP contribution in [0.3, 0.4) is 0 Å². The van der Waals surface area contributed by atoms with Gasteiger partial charge in [0.15, 0.2) is 0 Å². The Hall–Kier alpha value is -2.33. The second kappa shape index (κ2) is 6.21. The smallest absolute Gasteiger partial charge is 0.145 e. The number of fused-ring (bicyclic) bond motifs is 1. The minimum absolute atomic E-state index is 0.605. The summed E-state index contributed by atoms with van der Waals surface area (Å²) >= 11 is 0. The molecule has 3 rings (SSSR count). The van der Waals surface area contributed by atoms with Gasteiger partial charge in [-0.25, -0.2) is 0 Å². The largest absolute Gasteiger partial charge is 0.490 e. The lowest BCUT2D eigenvalue weighted by Gasteiger charge is -2.09. The number of hydrogen-bond acceptors (Lipinski definition) is 4. The molecule has 0 atom stereocenters. The summed E-state index contributed by atoms with van der Waals surface area (Å²) in [5.74, 6) is 0.827. The van der Waals surface area contributed by atoms with Gasteiger partial charge in [0.2, 0.25) is 0 Å². The van der Waals surface area contributed by atoms with Crippen LogP contribution < -0.4 is 10.1 Å². The molecule has 0 unspecified atom stereocenters. The molecule has 0 radical (unpaired) electrons. The predicted octanol–water partition coefficient (Wildman–Crippen LogP) is 3.00. The predicted molar refractivity (Wildman–Crippen MR) is 77.7 cm³/mol. The first kappa shape index (κ1) is 12.7. The third-order valence-electron chi connectivity index (χ3n) is 3.04. The number of nitrogens with one attached hydrogen (secondary N) is 1. The molecule has 20 heavy (non-hydrogen) atoms. The summed E-state index contributed by atoms with van der Waals surface area (Å²) in [4.78, 5) is 4.36. The molecule has 3 aromatic rings. The van der Waals surface area contributed by atoms with Crippen LogP contribution in [0.25, 0.3) is 10.9 Å². The monoisotopic (exact) mass is 268 g/mol. The van der Waals surface area contributed by atoms with E-state index in [0.717, 1.165) is 35.3 Å². The van der Waals surface area contributed by atoms with Crippen molar-refractivity contribution >= 4 is 10.9 Å². The maximum absolute atomic E-state index is 5.79. The van der Waals surface area contributed by atoms with Gasteiger partial charge in [0, 0.05) is 30.2 Å². The Bertz CT molecular complexity index is 660. The van der Waals surface area contributed by atoms with Gasteiger partial charge < -0.3 is 14.5 Å². The van der Waals surface area contributed by atoms with Crippen molar-refractivity contribution in [2.24, 2.45) is 0 Å². The van der Waals surface area contributed by atoms with E-state index in [4.69, 9.17) is 9.15 Å². The lowest BCUT2D eigenvalue weighted by atomic mass is 10.2. The molecule has 0 saturated heterocycles. The normalized spacial score (nSPS) is 10.8. The summed E-state index contributed by atoms with van der Waals surface area (Å²) in [6.45, 7) is 2.16. The number of pyridine rings is 1. The van der Waals surface area contributed by atoms with Crippen LogP contribution >= 0.6 is 0 Å². The SMILES string of the molecule is c1cnc2c(OCCNCc3ccoc3)cccc2c1. The molecular weight excluding hydrogens is 252 g/mol. The molecular formula is C16H16N2O2. The summed E-state index contributed by atoms with van der Waals surface area (Å²) in [6, 6.07) is 11.9. The van der Waals surface area contributed by atoms with Crippen LogP contribution in [0.4, 0.5) is 0 Å². The molecule has 1 N–H and O–H groups in total. The molecule has 0 spiro atoms. The van der Waals surface area contributed by atoms with Crippen LogP contribution in [0.15, 0.2) is 59.5 Å². The van der Waals surface area contributed by atoms with E-state index in [1.54, 1.807) is 18.7 Å².